The molecule has 1 aliphatic rings. The van der Waals surface area contributed by atoms with Crippen LogP contribution >= 0.6 is 0 Å². The van der Waals surface area contributed by atoms with Gasteiger partial charge < -0.3 is 15.3 Å². The normalized spacial score (nSPS) is 20.5. The third-order valence-electron chi connectivity index (χ3n) is 4.27. The zero-order chi connectivity index (χ0) is 16.2. The maximum absolute atomic E-state index is 12.3. The topological polar surface area (TPSA) is 78.4 Å². The zero-order valence-corrected chi connectivity index (χ0v) is 13.0. The lowest BCUT2D eigenvalue weighted by Crippen LogP contribution is -2.42. The van der Waals surface area contributed by atoms with Crippen LogP contribution in [0.2, 0.25) is 0 Å². The van der Waals surface area contributed by atoms with Crippen LogP contribution in [0.4, 0.5) is 10.5 Å². The van der Waals surface area contributed by atoms with E-state index in [0.717, 1.165) is 12.0 Å². The SMILES string of the molecule is C[C@@H]1CCN(C(=O)Nc2cnc(-c3ccccc3)nc2)[C@H]1CO. The Labute approximate surface area is 135 Å². The fraction of sp³-hybridized carbons (Fsp3) is 0.353. The van der Waals surface area contributed by atoms with E-state index in [1.54, 1.807) is 17.3 Å². The predicted molar refractivity (Wildman–Crippen MR) is 87.8 cm³/mol. The maximum atomic E-state index is 12.3. The highest BCUT2D eigenvalue weighted by Crippen LogP contribution is 2.24. The summed E-state index contributed by atoms with van der Waals surface area (Å²) in [6, 6.07) is 9.32. The van der Waals surface area contributed by atoms with Crippen LogP contribution in [-0.4, -0.2) is 45.2 Å². The van der Waals surface area contributed by atoms with Gasteiger partial charge in [0, 0.05) is 12.1 Å². The quantitative estimate of drug-likeness (QED) is 0.912. The molecule has 0 saturated carbocycles. The van der Waals surface area contributed by atoms with Crippen molar-refractivity contribution in [3.63, 3.8) is 0 Å². The maximum Gasteiger partial charge on any atom is 0.322 e. The van der Waals surface area contributed by atoms with Gasteiger partial charge in [-0.05, 0) is 12.3 Å². The predicted octanol–water partition coefficient (Wildman–Crippen LogP) is 2.38. The molecule has 120 valence electrons. The first-order valence-corrected chi connectivity index (χ1v) is 7.75. The minimum Gasteiger partial charge on any atom is -0.394 e. The number of anilines is 1. The first kappa shape index (κ1) is 15.4. The number of hydrogen-bond donors (Lipinski definition) is 2. The van der Waals surface area contributed by atoms with Gasteiger partial charge in [0.15, 0.2) is 5.82 Å². The van der Waals surface area contributed by atoms with Gasteiger partial charge in [-0.15, -0.1) is 0 Å². The van der Waals surface area contributed by atoms with E-state index in [2.05, 4.69) is 15.3 Å². The lowest BCUT2D eigenvalue weighted by Gasteiger charge is -2.25. The van der Waals surface area contributed by atoms with E-state index < -0.39 is 0 Å². The first-order valence-electron chi connectivity index (χ1n) is 7.75. The van der Waals surface area contributed by atoms with Gasteiger partial charge in [-0.3, -0.25) is 0 Å². The van der Waals surface area contributed by atoms with Crippen LogP contribution in [0, 0.1) is 5.92 Å². The minimum absolute atomic E-state index is 0.0158. The number of carbonyl (C=O) groups is 1. The molecule has 2 atom stereocenters. The average molecular weight is 312 g/mol. The number of amides is 2. The molecule has 2 heterocycles. The van der Waals surface area contributed by atoms with E-state index in [9.17, 15) is 9.90 Å². The lowest BCUT2D eigenvalue weighted by atomic mass is 10.0. The Hall–Kier alpha value is -2.47. The molecular weight excluding hydrogens is 292 g/mol. The highest BCUT2D eigenvalue weighted by molar-refractivity contribution is 5.89. The van der Waals surface area contributed by atoms with Gasteiger partial charge in [0.25, 0.3) is 0 Å². The van der Waals surface area contributed by atoms with Crippen molar-refractivity contribution in [2.45, 2.75) is 19.4 Å². The van der Waals surface area contributed by atoms with Gasteiger partial charge in [-0.25, -0.2) is 14.8 Å². The molecule has 1 fully saturated rings. The van der Waals surface area contributed by atoms with Crippen LogP contribution in [0.3, 0.4) is 0 Å². The van der Waals surface area contributed by atoms with Crippen LogP contribution in [0.15, 0.2) is 42.7 Å². The molecule has 1 aromatic carbocycles. The number of aliphatic hydroxyl groups excluding tert-OH is 1. The van der Waals surface area contributed by atoms with Crippen molar-refractivity contribution in [2.75, 3.05) is 18.5 Å². The first-order chi connectivity index (χ1) is 11.2. The van der Waals surface area contributed by atoms with Crippen molar-refractivity contribution >= 4 is 11.7 Å². The van der Waals surface area contributed by atoms with Crippen molar-refractivity contribution in [3.8, 4) is 11.4 Å². The van der Waals surface area contributed by atoms with Gasteiger partial charge in [0.05, 0.1) is 30.7 Å². The monoisotopic (exact) mass is 312 g/mol. The summed E-state index contributed by atoms with van der Waals surface area (Å²) in [6.45, 7) is 2.69. The number of nitrogens with zero attached hydrogens (tertiary/aromatic N) is 3. The molecule has 0 unspecified atom stereocenters. The third-order valence-corrected chi connectivity index (χ3v) is 4.27. The molecule has 2 aromatic rings. The summed E-state index contributed by atoms with van der Waals surface area (Å²) in [5.41, 5.74) is 1.48. The summed E-state index contributed by atoms with van der Waals surface area (Å²) in [7, 11) is 0. The lowest BCUT2D eigenvalue weighted by molar-refractivity contribution is 0.152. The van der Waals surface area contributed by atoms with Crippen LogP contribution in [0.1, 0.15) is 13.3 Å². The highest BCUT2D eigenvalue weighted by atomic mass is 16.3. The second-order valence-electron chi connectivity index (χ2n) is 5.80. The van der Waals surface area contributed by atoms with E-state index in [-0.39, 0.29) is 18.7 Å². The molecule has 0 aliphatic carbocycles. The Balaban J connectivity index is 1.68. The van der Waals surface area contributed by atoms with Crippen molar-refractivity contribution in [2.24, 2.45) is 5.92 Å². The smallest absolute Gasteiger partial charge is 0.322 e. The van der Waals surface area contributed by atoms with Gasteiger partial charge >= 0.3 is 6.03 Å². The molecule has 23 heavy (non-hydrogen) atoms. The summed E-state index contributed by atoms with van der Waals surface area (Å²) >= 11 is 0. The van der Waals surface area contributed by atoms with Gasteiger partial charge in [0.2, 0.25) is 0 Å². The van der Waals surface area contributed by atoms with E-state index in [4.69, 9.17) is 0 Å². The Kier molecular flexibility index (Phi) is 4.52. The highest BCUT2D eigenvalue weighted by Gasteiger charge is 2.33. The Morgan fingerprint density at radius 3 is 2.65 bits per heavy atom. The van der Waals surface area contributed by atoms with Crippen LogP contribution in [0.25, 0.3) is 11.4 Å². The molecule has 0 radical (unpaired) electrons. The van der Waals surface area contributed by atoms with E-state index >= 15 is 0 Å². The number of aliphatic hydroxyl groups is 1. The molecule has 1 aromatic heterocycles. The number of rotatable bonds is 3. The number of nitrogens with one attached hydrogen (secondary N) is 1. The Bertz CT molecular complexity index is 660. The number of aromatic nitrogens is 2. The van der Waals surface area contributed by atoms with Gasteiger partial charge in [-0.1, -0.05) is 37.3 Å². The molecule has 2 amide bonds. The summed E-state index contributed by atoms with van der Waals surface area (Å²) in [5, 5.41) is 12.2. The van der Waals surface area contributed by atoms with Crippen LogP contribution in [0.5, 0.6) is 0 Å². The summed E-state index contributed by atoms with van der Waals surface area (Å²) in [4.78, 5) is 22.6. The summed E-state index contributed by atoms with van der Waals surface area (Å²) < 4.78 is 0. The number of likely N-dealkylation sites (tertiary alicyclic amines) is 1. The number of urea groups is 1. The van der Waals surface area contributed by atoms with Crippen LogP contribution < -0.4 is 5.32 Å². The Morgan fingerprint density at radius 1 is 1.30 bits per heavy atom. The fourth-order valence-electron chi connectivity index (χ4n) is 2.86. The van der Waals surface area contributed by atoms with E-state index in [1.807, 2.05) is 37.3 Å². The molecule has 6 heteroatoms. The van der Waals surface area contributed by atoms with E-state index in [1.165, 1.54) is 0 Å². The fourth-order valence-corrected chi connectivity index (χ4v) is 2.86. The molecule has 3 rings (SSSR count). The molecule has 1 saturated heterocycles. The summed E-state index contributed by atoms with van der Waals surface area (Å²) in [6.07, 6.45) is 4.10. The number of benzene rings is 1. The van der Waals surface area contributed by atoms with E-state index in [0.29, 0.717) is 24.0 Å². The zero-order valence-electron chi connectivity index (χ0n) is 13.0. The second-order valence-corrected chi connectivity index (χ2v) is 5.80. The Morgan fingerprint density at radius 2 is 2.00 bits per heavy atom. The number of carbonyl (C=O) groups excluding carboxylic acids is 1. The van der Waals surface area contributed by atoms with Crippen LogP contribution in [-0.2, 0) is 0 Å². The molecule has 1 aliphatic heterocycles. The molecular formula is C17H20N4O2. The summed E-state index contributed by atoms with van der Waals surface area (Å²) in [5.74, 6) is 0.925. The second kappa shape index (κ2) is 6.75. The standard InChI is InChI=1S/C17H20N4O2/c1-12-7-8-21(15(12)11-22)17(23)20-14-9-18-16(19-10-14)13-5-3-2-4-6-13/h2-6,9-10,12,15,22H,7-8,11H2,1H3,(H,20,23)/t12-,15+/m1/s1. The molecule has 6 nitrogen and oxygen atoms in total. The average Bonchev–Trinajstić information content (AvgIpc) is 2.97. The van der Waals surface area contributed by atoms with Gasteiger partial charge in [0.1, 0.15) is 0 Å². The third kappa shape index (κ3) is 3.32. The van der Waals surface area contributed by atoms with Gasteiger partial charge in [-0.2, -0.15) is 0 Å². The largest absolute Gasteiger partial charge is 0.394 e. The molecule has 2 N–H and O–H groups in total. The van der Waals surface area contributed by atoms with Crippen molar-refractivity contribution < 1.29 is 9.90 Å². The minimum atomic E-state index is -0.218. The molecule has 0 spiro atoms. The number of hydrogen-bond acceptors (Lipinski definition) is 4. The van der Waals surface area contributed by atoms with Crippen molar-refractivity contribution in [1.82, 2.24) is 14.9 Å². The van der Waals surface area contributed by atoms with Crippen molar-refractivity contribution in [3.05, 3.63) is 42.7 Å². The van der Waals surface area contributed by atoms with Crippen molar-refractivity contribution in [1.29, 1.82) is 0 Å². The molecule has 0 bridgehead atoms.